The van der Waals surface area contributed by atoms with Crippen molar-refractivity contribution >= 4 is 35.1 Å². The van der Waals surface area contributed by atoms with Gasteiger partial charge in [0.1, 0.15) is 0 Å². The van der Waals surface area contributed by atoms with E-state index >= 15 is 0 Å². The monoisotopic (exact) mass is 425 g/mol. The number of hydrogen-bond acceptors (Lipinski definition) is 6. The molecular formula is C20H21Cl2NO5. The summed E-state index contributed by atoms with van der Waals surface area (Å²) in [6.45, 7) is 1.52. The van der Waals surface area contributed by atoms with Crippen LogP contribution in [0.2, 0.25) is 10.0 Å². The van der Waals surface area contributed by atoms with Gasteiger partial charge in [-0.05, 0) is 43.2 Å². The molecule has 2 atom stereocenters. The predicted octanol–water partition coefficient (Wildman–Crippen LogP) is 4.00. The van der Waals surface area contributed by atoms with Crippen molar-refractivity contribution < 1.29 is 23.9 Å². The van der Waals surface area contributed by atoms with Crippen LogP contribution in [0.15, 0.2) is 24.3 Å². The first kappa shape index (κ1) is 19.7. The largest absolute Gasteiger partial charge is 0.439 e. The molecule has 2 aliphatic heterocycles. The second-order valence-corrected chi connectivity index (χ2v) is 8.13. The molecule has 1 aromatic rings. The number of esters is 1. The summed E-state index contributed by atoms with van der Waals surface area (Å²) in [4.78, 5) is 29.2. The Morgan fingerprint density at radius 2 is 1.89 bits per heavy atom. The highest BCUT2D eigenvalue weighted by atomic mass is 35.5. The van der Waals surface area contributed by atoms with Gasteiger partial charge in [0.05, 0.1) is 16.7 Å². The molecule has 2 heterocycles. The van der Waals surface area contributed by atoms with Crippen LogP contribution < -0.4 is 0 Å². The Balaban J connectivity index is 1.64. The van der Waals surface area contributed by atoms with Crippen LogP contribution in [0.5, 0.6) is 0 Å². The third-order valence-electron chi connectivity index (χ3n) is 5.25. The van der Waals surface area contributed by atoms with Crippen LogP contribution in [0.4, 0.5) is 0 Å². The molecule has 6 nitrogen and oxygen atoms in total. The normalized spacial score (nSPS) is 26.6. The topological polar surface area (TPSA) is 65.1 Å². The molecule has 1 aliphatic carbocycles. The molecule has 1 aromatic carbocycles. The fourth-order valence-corrected chi connectivity index (χ4v) is 4.04. The number of piperidine rings is 1. The highest BCUT2D eigenvalue weighted by Crippen LogP contribution is 2.40. The number of rotatable bonds is 5. The molecule has 2 unspecified atom stereocenters. The van der Waals surface area contributed by atoms with Gasteiger partial charge in [-0.25, -0.2) is 9.59 Å². The fraction of sp³-hybridized carbons (Fsp3) is 0.500. The minimum Gasteiger partial charge on any atom is -0.439 e. The highest BCUT2D eigenvalue weighted by molar-refractivity contribution is 6.42. The van der Waals surface area contributed by atoms with Gasteiger partial charge >= 0.3 is 11.9 Å². The first-order valence-corrected chi connectivity index (χ1v) is 10.2. The van der Waals surface area contributed by atoms with Crippen LogP contribution >= 0.6 is 23.2 Å². The van der Waals surface area contributed by atoms with Crippen LogP contribution in [0.1, 0.15) is 42.7 Å². The molecule has 0 aromatic heterocycles. The van der Waals surface area contributed by atoms with Gasteiger partial charge in [-0.1, -0.05) is 34.3 Å². The summed E-state index contributed by atoms with van der Waals surface area (Å²) in [5.41, 5.74) is 1.69. The maximum Gasteiger partial charge on any atom is 0.350 e. The molecule has 2 fully saturated rings. The lowest BCUT2D eigenvalue weighted by Crippen LogP contribution is -2.48. The summed E-state index contributed by atoms with van der Waals surface area (Å²) in [6, 6.07) is 3.63. The predicted molar refractivity (Wildman–Crippen MR) is 103 cm³/mol. The van der Waals surface area contributed by atoms with E-state index in [1.807, 2.05) is 6.07 Å². The minimum atomic E-state index is -0.727. The van der Waals surface area contributed by atoms with Crippen LogP contribution in [-0.4, -0.2) is 36.4 Å². The lowest BCUT2D eigenvalue weighted by Gasteiger charge is -2.39. The number of ether oxygens (including phenoxy) is 2. The highest BCUT2D eigenvalue weighted by Gasteiger charge is 2.39. The number of fused-ring (bicyclic) bond motifs is 1. The number of halogens is 2. The maximum atomic E-state index is 12.1. The van der Waals surface area contributed by atoms with Crippen molar-refractivity contribution in [3.8, 4) is 0 Å². The van der Waals surface area contributed by atoms with Crippen molar-refractivity contribution in [1.29, 1.82) is 0 Å². The molecule has 8 heteroatoms. The van der Waals surface area contributed by atoms with Crippen molar-refractivity contribution in [2.24, 2.45) is 5.92 Å². The third kappa shape index (κ3) is 4.35. The molecule has 0 bridgehead atoms. The molecule has 0 N–H and O–H groups in total. The zero-order valence-corrected chi connectivity index (χ0v) is 16.7. The molecule has 150 valence electrons. The van der Waals surface area contributed by atoms with E-state index in [0.29, 0.717) is 35.7 Å². The molecule has 0 spiro atoms. The van der Waals surface area contributed by atoms with Gasteiger partial charge in [-0.3, -0.25) is 0 Å². The number of hydrogen-bond donors (Lipinski definition) is 0. The van der Waals surface area contributed by atoms with Gasteiger partial charge in [-0.15, -0.1) is 0 Å². The van der Waals surface area contributed by atoms with Gasteiger partial charge in [-0.2, -0.15) is 0 Å². The second kappa shape index (κ2) is 8.41. The van der Waals surface area contributed by atoms with E-state index in [1.165, 1.54) is 17.9 Å². The Morgan fingerprint density at radius 3 is 2.68 bits per heavy atom. The standard InChI is InChI=1S/C20H21Cl2NO5/c21-16-6-5-13(15(19(16)22)11-26-10-12-3-4-12)14-2-1-9-23-20(14)27-17(24)7-8-18(25)28-23/h5-8,12,14,20H,1-4,9-11H2/b8-7+. The molecule has 28 heavy (non-hydrogen) atoms. The summed E-state index contributed by atoms with van der Waals surface area (Å²) in [6.07, 6.45) is 5.35. The van der Waals surface area contributed by atoms with Crippen molar-refractivity contribution in [3.63, 3.8) is 0 Å². The lowest BCUT2D eigenvalue weighted by atomic mass is 9.86. The van der Waals surface area contributed by atoms with E-state index in [9.17, 15) is 9.59 Å². The van der Waals surface area contributed by atoms with E-state index < -0.39 is 18.2 Å². The number of carbonyl (C=O) groups is 2. The first-order valence-electron chi connectivity index (χ1n) is 9.44. The van der Waals surface area contributed by atoms with Crippen LogP contribution in [0, 0.1) is 5.92 Å². The van der Waals surface area contributed by atoms with E-state index in [2.05, 4.69) is 0 Å². The molecule has 0 radical (unpaired) electrons. The van der Waals surface area contributed by atoms with Gasteiger partial charge in [0, 0.05) is 36.8 Å². The lowest BCUT2D eigenvalue weighted by molar-refractivity contribution is -0.251. The van der Waals surface area contributed by atoms with E-state index in [4.69, 9.17) is 37.5 Å². The van der Waals surface area contributed by atoms with Crippen molar-refractivity contribution in [3.05, 3.63) is 45.5 Å². The average molecular weight is 426 g/mol. The summed E-state index contributed by atoms with van der Waals surface area (Å²) >= 11 is 12.7. The fourth-order valence-electron chi connectivity index (χ4n) is 3.64. The Bertz CT molecular complexity index is 808. The number of carbonyl (C=O) groups excluding carboxylic acids is 2. The quantitative estimate of drug-likeness (QED) is 0.664. The van der Waals surface area contributed by atoms with Crippen molar-refractivity contribution in [2.75, 3.05) is 13.2 Å². The zero-order chi connectivity index (χ0) is 19.7. The molecule has 3 aliphatic rings. The number of nitrogens with zero attached hydrogens (tertiary/aromatic N) is 1. The molecule has 1 saturated heterocycles. The average Bonchev–Trinajstić information content (AvgIpc) is 3.48. The number of hydroxylamine groups is 2. The summed E-state index contributed by atoms with van der Waals surface area (Å²) in [5, 5.41) is 2.34. The number of benzene rings is 1. The Morgan fingerprint density at radius 1 is 1.11 bits per heavy atom. The summed E-state index contributed by atoms with van der Waals surface area (Å²) < 4.78 is 11.5. The van der Waals surface area contributed by atoms with E-state index in [1.54, 1.807) is 6.07 Å². The van der Waals surface area contributed by atoms with Crippen molar-refractivity contribution in [1.82, 2.24) is 5.06 Å². The third-order valence-corrected chi connectivity index (χ3v) is 6.09. The second-order valence-electron chi connectivity index (χ2n) is 7.35. The van der Waals surface area contributed by atoms with Gasteiger partial charge in [0.25, 0.3) is 0 Å². The molecule has 1 saturated carbocycles. The zero-order valence-electron chi connectivity index (χ0n) is 15.2. The van der Waals surface area contributed by atoms with Gasteiger partial charge in [0.2, 0.25) is 0 Å². The smallest absolute Gasteiger partial charge is 0.350 e. The summed E-state index contributed by atoms with van der Waals surface area (Å²) in [7, 11) is 0. The Labute approximate surface area is 173 Å². The maximum absolute atomic E-state index is 12.1. The molecular weight excluding hydrogens is 405 g/mol. The van der Waals surface area contributed by atoms with Crippen LogP contribution in [-0.2, 0) is 30.5 Å². The Kier molecular flexibility index (Phi) is 5.92. The van der Waals surface area contributed by atoms with E-state index in [0.717, 1.165) is 36.1 Å². The minimum absolute atomic E-state index is 0.216. The first-order chi connectivity index (χ1) is 13.5. The SMILES string of the molecule is O=C1/C=C/C(=O)ON2CCCC(c3ccc(Cl)c(Cl)c3COCC3CC3)C2O1. The van der Waals surface area contributed by atoms with Gasteiger partial charge in [0.15, 0.2) is 6.23 Å². The van der Waals surface area contributed by atoms with Crippen molar-refractivity contribution in [2.45, 2.75) is 44.4 Å². The van der Waals surface area contributed by atoms with E-state index in [-0.39, 0.29) is 5.92 Å². The van der Waals surface area contributed by atoms with Crippen LogP contribution in [0.3, 0.4) is 0 Å². The molecule has 4 rings (SSSR count). The van der Waals surface area contributed by atoms with Gasteiger partial charge < -0.3 is 14.3 Å². The Hall–Kier alpha value is -1.60. The van der Waals surface area contributed by atoms with Crippen LogP contribution in [0.25, 0.3) is 0 Å². The molecule has 0 amide bonds. The summed E-state index contributed by atoms with van der Waals surface area (Å²) in [5.74, 6) is -0.759.